The number of nitrogens with one attached hydrogen (secondary N) is 1. The number of fused-ring (bicyclic) bond motifs is 1. The first-order valence-electron chi connectivity index (χ1n) is 8.45. The standard InChI is InChI=1S/C18H29FN2O/c1-5-18(4)13-16(20-10-11-21(6-2)7-3)15-12-14(19)8-9-17(15)22-18/h8-9,12,16,20H,5-7,10-11,13H2,1-4H3. The smallest absolute Gasteiger partial charge is 0.125 e. The third-order valence-corrected chi connectivity index (χ3v) is 4.80. The van der Waals surface area contributed by atoms with Gasteiger partial charge in [-0.1, -0.05) is 20.8 Å². The van der Waals surface area contributed by atoms with E-state index in [-0.39, 0.29) is 17.5 Å². The second-order valence-corrected chi connectivity index (χ2v) is 6.33. The molecule has 0 aromatic heterocycles. The van der Waals surface area contributed by atoms with Crippen LogP contribution in [0, 0.1) is 5.82 Å². The van der Waals surface area contributed by atoms with Crippen molar-refractivity contribution >= 4 is 0 Å². The van der Waals surface area contributed by atoms with Crippen LogP contribution in [0.3, 0.4) is 0 Å². The molecular formula is C18H29FN2O. The van der Waals surface area contributed by atoms with E-state index in [1.165, 1.54) is 6.07 Å². The Kier molecular flexibility index (Phi) is 5.81. The number of nitrogens with zero attached hydrogens (tertiary/aromatic N) is 1. The summed E-state index contributed by atoms with van der Waals surface area (Å²) in [5, 5.41) is 3.61. The molecule has 2 rings (SSSR count). The summed E-state index contributed by atoms with van der Waals surface area (Å²) in [7, 11) is 0. The molecule has 0 saturated carbocycles. The molecule has 0 bridgehead atoms. The second-order valence-electron chi connectivity index (χ2n) is 6.33. The van der Waals surface area contributed by atoms with Gasteiger partial charge in [-0.25, -0.2) is 4.39 Å². The minimum atomic E-state index is -0.196. The molecule has 1 heterocycles. The molecule has 0 radical (unpaired) electrons. The fourth-order valence-electron chi connectivity index (χ4n) is 3.07. The molecule has 3 nitrogen and oxygen atoms in total. The molecule has 4 heteroatoms. The van der Waals surface area contributed by atoms with Gasteiger partial charge in [0.25, 0.3) is 0 Å². The maximum absolute atomic E-state index is 13.6. The van der Waals surface area contributed by atoms with E-state index in [9.17, 15) is 4.39 Å². The van der Waals surface area contributed by atoms with Crippen LogP contribution in [-0.4, -0.2) is 36.7 Å². The van der Waals surface area contributed by atoms with Gasteiger partial charge in [-0.3, -0.25) is 0 Å². The summed E-state index contributed by atoms with van der Waals surface area (Å²) in [4.78, 5) is 2.39. The fraction of sp³-hybridized carbons (Fsp3) is 0.667. The van der Waals surface area contributed by atoms with Crippen LogP contribution in [0.15, 0.2) is 18.2 Å². The van der Waals surface area contributed by atoms with Crippen molar-refractivity contribution in [1.82, 2.24) is 10.2 Å². The number of ether oxygens (including phenoxy) is 1. The van der Waals surface area contributed by atoms with E-state index in [2.05, 4.69) is 37.9 Å². The van der Waals surface area contributed by atoms with Crippen LogP contribution >= 0.6 is 0 Å². The summed E-state index contributed by atoms with van der Waals surface area (Å²) in [5.74, 6) is 0.621. The molecule has 1 aromatic carbocycles. The van der Waals surface area contributed by atoms with Gasteiger partial charge >= 0.3 is 0 Å². The number of likely N-dealkylation sites (N-methyl/N-ethyl adjacent to an activating group) is 1. The van der Waals surface area contributed by atoms with Gasteiger partial charge in [0.05, 0.1) is 0 Å². The maximum Gasteiger partial charge on any atom is 0.125 e. The molecule has 1 aromatic rings. The predicted molar refractivity (Wildman–Crippen MR) is 88.9 cm³/mol. The summed E-state index contributed by atoms with van der Waals surface area (Å²) in [6, 6.07) is 5.00. The van der Waals surface area contributed by atoms with Gasteiger partial charge in [0.15, 0.2) is 0 Å². The number of hydrogen-bond donors (Lipinski definition) is 1. The Morgan fingerprint density at radius 3 is 2.68 bits per heavy atom. The highest BCUT2D eigenvalue weighted by molar-refractivity contribution is 5.39. The molecule has 124 valence electrons. The number of rotatable bonds is 7. The van der Waals surface area contributed by atoms with Gasteiger partial charge in [0, 0.05) is 31.1 Å². The predicted octanol–water partition coefficient (Wildman–Crippen LogP) is 3.75. The van der Waals surface area contributed by atoms with Crippen molar-refractivity contribution < 1.29 is 9.13 Å². The Morgan fingerprint density at radius 1 is 1.32 bits per heavy atom. The molecule has 2 unspecified atom stereocenters. The molecule has 2 atom stereocenters. The van der Waals surface area contributed by atoms with Gasteiger partial charge in [-0.15, -0.1) is 0 Å². The SMILES string of the molecule is CCN(CC)CCNC1CC(C)(CC)Oc2ccc(F)cc21. The largest absolute Gasteiger partial charge is 0.487 e. The zero-order chi connectivity index (χ0) is 16.2. The highest BCUT2D eigenvalue weighted by atomic mass is 19.1. The van der Waals surface area contributed by atoms with E-state index in [4.69, 9.17) is 4.74 Å². The van der Waals surface area contributed by atoms with E-state index in [0.717, 1.165) is 50.3 Å². The Balaban J connectivity index is 2.10. The quantitative estimate of drug-likeness (QED) is 0.830. The summed E-state index contributed by atoms with van der Waals surface area (Å²) in [6.07, 6.45) is 1.82. The van der Waals surface area contributed by atoms with Gasteiger partial charge in [-0.2, -0.15) is 0 Å². The van der Waals surface area contributed by atoms with Crippen LogP contribution in [0.2, 0.25) is 0 Å². The van der Waals surface area contributed by atoms with E-state index in [1.54, 1.807) is 12.1 Å². The van der Waals surface area contributed by atoms with Crippen LogP contribution in [0.5, 0.6) is 5.75 Å². The molecular weight excluding hydrogens is 279 g/mol. The monoisotopic (exact) mass is 308 g/mol. The first-order chi connectivity index (χ1) is 10.5. The Bertz CT molecular complexity index is 490. The molecule has 0 amide bonds. The Labute approximate surface area is 133 Å². The third kappa shape index (κ3) is 3.99. The van der Waals surface area contributed by atoms with E-state index in [1.807, 2.05) is 0 Å². The number of halogens is 1. The molecule has 0 spiro atoms. The van der Waals surface area contributed by atoms with Crippen LogP contribution in [0.4, 0.5) is 4.39 Å². The van der Waals surface area contributed by atoms with Gasteiger partial charge in [-0.05, 0) is 44.6 Å². The van der Waals surface area contributed by atoms with Crippen molar-refractivity contribution in [2.75, 3.05) is 26.2 Å². The number of benzene rings is 1. The van der Waals surface area contributed by atoms with Crippen LogP contribution in [-0.2, 0) is 0 Å². The van der Waals surface area contributed by atoms with Gasteiger partial charge in [0.1, 0.15) is 17.2 Å². The van der Waals surface area contributed by atoms with E-state index in [0.29, 0.717) is 0 Å². The topological polar surface area (TPSA) is 24.5 Å². The van der Waals surface area contributed by atoms with Crippen molar-refractivity contribution in [1.29, 1.82) is 0 Å². The van der Waals surface area contributed by atoms with E-state index >= 15 is 0 Å². The van der Waals surface area contributed by atoms with Crippen molar-refractivity contribution in [2.24, 2.45) is 0 Å². The average Bonchev–Trinajstić information content (AvgIpc) is 2.52. The fourth-order valence-corrected chi connectivity index (χ4v) is 3.07. The van der Waals surface area contributed by atoms with Gasteiger partial charge in [0.2, 0.25) is 0 Å². The maximum atomic E-state index is 13.6. The molecule has 1 N–H and O–H groups in total. The Morgan fingerprint density at radius 2 is 2.05 bits per heavy atom. The van der Waals surface area contributed by atoms with Crippen molar-refractivity contribution in [3.63, 3.8) is 0 Å². The third-order valence-electron chi connectivity index (χ3n) is 4.80. The van der Waals surface area contributed by atoms with Gasteiger partial charge < -0.3 is 15.0 Å². The summed E-state index contributed by atoms with van der Waals surface area (Å²) >= 11 is 0. The Hall–Kier alpha value is -1.13. The molecule has 1 aliphatic heterocycles. The minimum absolute atomic E-state index is 0.153. The van der Waals surface area contributed by atoms with Crippen molar-refractivity contribution in [2.45, 2.75) is 52.2 Å². The van der Waals surface area contributed by atoms with E-state index < -0.39 is 0 Å². The van der Waals surface area contributed by atoms with Crippen LogP contribution in [0.1, 0.15) is 52.1 Å². The zero-order valence-electron chi connectivity index (χ0n) is 14.3. The molecule has 0 fully saturated rings. The highest BCUT2D eigenvalue weighted by Crippen LogP contribution is 2.41. The highest BCUT2D eigenvalue weighted by Gasteiger charge is 2.35. The lowest BCUT2D eigenvalue weighted by Gasteiger charge is -2.40. The molecule has 22 heavy (non-hydrogen) atoms. The van der Waals surface area contributed by atoms with Crippen molar-refractivity contribution in [3.05, 3.63) is 29.6 Å². The summed E-state index contributed by atoms with van der Waals surface area (Å²) < 4.78 is 19.7. The lowest BCUT2D eigenvalue weighted by Crippen LogP contribution is -2.43. The molecule has 0 aliphatic carbocycles. The van der Waals surface area contributed by atoms with Crippen LogP contribution in [0.25, 0.3) is 0 Å². The molecule has 1 aliphatic rings. The first-order valence-corrected chi connectivity index (χ1v) is 8.45. The first kappa shape index (κ1) is 17.2. The molecule has 0 saturated heterocycles. The normalized spacial score (nSPS) is 24.2. The lowest BCUT2D eigenvalue weighted by atomic mass is 9.86. The average molecular weight is 308 g/mol. The van der Waals surface area contributed by atoms with Crippen molar-refractivity contribution in [3.8, 4) is 5.75 Å². The minimum Gasteiger partial charge on any atom is -0.487 e. The van der Waals surface area contributed by atoms with Crippen LogP contribution < -0.4 is 10.1 Å². The lowest BCUT2D eigenvalue weighted by molar-refractivity contribution is 0.0436. The zero-order valence-corrected chi connectivity index (χ0v) is 14.3. The number of hydrogen-bond acceptors (Lipinski definition) is 3. The second kappa shape index (κ2) is 7.42. The summed E-state index contributed by atoms with van der Waals surface area (Å²) in [6.45, 7) is 12.7. The summed E-state index contributed by atoms with van der Waals surface area (Å²) in [5.41, 5.74) is 0.767.